The van der Waals surface area contributed by atoms with Crippen LogP contribution in [-0.2, 0) is 4.79 Å². The van der Waals surface area contributed by atoms with Crippen LogP contribution < -0.4 is 5.32 Å². The molecule has 22 heavy (non-hydrogen) atoms. The van der Waals surface area contributed by atoms with Crippen molar-refractivity contribution in [1.82, 2.24) is 19.8 Å². The molecule has 2 aliphatic heterocycles. The maximum Gasteiger partial charge on any atom is 0.239 e. The second-order valence-corrected chi connectivity index (χ2v) is 7.17. The highest BCUT2D eigenvalue weighted by molar-refractivity contribution is 5.82. The van der Waals surface area contributed by atoms with E-state index < -0.39 is 0 Å². The summed E-state index contributed by atoms with van der Waals surface area (Å²) in [5.74, 6) is 1.09. The minimum absolute atomic E-state index is 0.0814. The zero-order valence-electron chi connectivity index (χ0n) is 13.2. The zero-order valence-corrected chi connectivity index (χ0v) is 13.2. The number of carbonyl (C=O) groups excluding carboxylic acids is 1. The number of imidazole rings is 1. The molecule has 1 saturated carbocycles. The molecule has 0 bridgehead atoms. The number of carbonyl (C=O) groups is 1. The quantitative estimate of drug-likeness (QED) is 0.908. The lowest BCUT2D eigenvalue weighted by Gasteiger charge is -2.34. The molecule has 1 aromatic heterocycles. The number of rotatable bonds is 2. The Morgan fingerprint density at radius 2 is 1.95 bits per heavy atom. The van der Waals surface area contributed by atoms with Crippen LogP contribution >= 0.6 is 0 Å². The molecule has 0 spiro atoms. The van der Waals surface area contributed by atoms with Gasteiger partial charge in [-0.1, -0.05) is 12.8 Å². The summed E-state index contributed by atoms with van der Waals surface area (Å²) >= 11 is 0. The molecule has 1 aromatic rings. The first-order valence-corrected chi connectivity index (χ1v) is 8.83. The molecule has 3 aliphatic rings. The Bertz CT molecular complexity index is 493. The van der Waals surface area contributed by atoms with Crippen LogP contribution in [0.2, 0.25) is 0 Å². The molecule has 5 nitrogen and oxygen atoms in total. The molecule has 120 valence electrons. The van der Waals surface area contributed by atoms with Gasteiger partial charge in [-0.25, -0.2) is 4.98 Å². The first-order valence-electron chi connectivity index (χ1n) is 8.83. The number of piperidine rings is 1. The fourth-order valence-corrected chi connectivity index (χ4v) is 4.60. The van der Waals surface area contributed by atoms with Gasteiger partial charge in [0.15, 0.2) is 0 Å². The third kappa shape index (κ3) is 2.67. The Morgan fingerprint density at radius 1 is 1.14 bits per heavy atom. The van der Waals surface area contributed by atoms with Gasteiger partial charge in [-0.3, -0.25) is 4.79 Å². The maximum absolute atomic E-state index is 12.8. The van der Waals surface area contributed by atoms with Gasteiger partial charge in [-0.15, -0.1) is 0 Å². The summed E-state index contributed by atoms with van der Waals surface area (Å²) in [6.07, 6.45) is 14.2. The molecule has 3 heterocycles. The maximum atomic E-state index is 12.8. The fraction of sp³-hybridized carbons (Fsp3) is 0.765. The second-order valence-electron chi connectivity index (χ2n) is 7.17. The molecule has 4 rings (SSSR count). The van der Waals surface area contributed by atoms with E-state index in [0.29, 0.717) is 18.0 Å². The molecule has 0 aromatic carbocycles. The average Bonchev–Trinajstić information content (AvgIpc) is 3.23. The van der Waals surface area contributed by atoms with Crippen molar-refractivity contribution >= 4 is 5.91 Å². The molecular formula is C17H26N4O. The summed E-state index contributed by atoms with van der Waals surface area (Å²) in [4.78, 5) is 19.0. The van der Waals surface area contributed by atoms with Gasteiger partial charge in [0, 0.05) is 37.6 Å². The number of fused-ring (bicyclic) bond motifs is 1. The number of nitrogens with zero attached hydrogens (tertiary/aromatic N) is 3. The standard InChI is InChI=1S/C17H26N4O/c22-17(16-11-13-3-1-2-4-15(13)19-16)20-8-5-14(6-9-20)21-10-7-18-12-21/h7,10,12-16,19H,1-6,8-9,11H2. The fourth-order valence-electron chi connectivity index (χ4n) is 4.60. The number of likely N-dealkylation sites (tertiary alicyclic amines) is 1. The number of amides is 1. The van der Waals surface area contributed by atoms with Crippen LogP contribution in [0.15, 0.2) is 18.7 Å². The third-order valence-corrected chi connectivity index (χ3v) is 5.88. The van der Waals surface area contributed by atoms with Crippen LogP contribution in [0.5, 0.6) is 0 Å². The Morgan fingerprint density at radius 3 is 2.68 bits per heavy atom. The van der Waals surface area contributed by atoms with Gasteiger partial charge >= 0.3 is 0 Å². The van der Waals surface area contributed by atoms with Crippen molar-refractivity contribution in [2.24, 2.45) is 5.92 Å². The predicted octanol–water partition coefficient (Wildman–Crippen LogP) is 1.97. The highest BCUT2D eigenvalue weighted by Gasteiger charge is 2.40. The SMILES string of the molecule is O=C(C1CC2CCCCC2N1)N1CCC(n2ccnc2)CC1. The van der Waals surface area contributed by atoms with E-state index in [2.05, 4.69) is 19.8 Å². The van der Waals surface area contributed by atoms with Crippen molar-refractivity contribution in [1.29, 1.82) is 0 Å². The zero-order chi connectivity index (χ0) is 14.9. The van der Waals surface area contributed by atoms with Crippen molar-refractivity contribution in [3.63, 3.8) is 0 Å². The molecule has 2 saturated heterocycles. The van der Waals surface area contributed by atoms with E-state index in [0.717, 1.165) is 38.3 Å². The van der Waals surface area contributed by atoms with Gasteiger partial charge < -0.3 is 14.8 Å². The number of nitrogens with one attached hydrogen (secondary N) is 1. The lowest BCUT2D eigenvalue weighted by atomic mass is 9.85. The normalized spacial score (nSPS) is 32.9. The molecule has 1 amide bonds. The third-order valence-electron chi connectivity index (χ3n) is 5.88. The molecule has 3 fully saturated rings. The topological polar surface area (TPSA) is 50.2 Å². The molecule has 1 aliphatic carbocycles. The average molecular weight is 302 g/mol. The van der Waals surface area contributed by atoms with Gasteiger partial charge in [0.2, 0.25) is 5.91 Å². The van der Waals surface area contributed by atoms with Crippen LogP contribution in [0.4, 0.5) is 0 Å². The molecular weight excluding hydrogens is 276 g/mol. The smallest absolute Gasteiger partial charge is 0.239 e. The summed E-state index contributed by atoms with van der Waals surface area (Å²) in [5.41, 5.74) is 0. The minimum atomic E-state index is 0.0814. The largest absolute Gasteiger partial charge is 0.341 e. The van der Waals surface area contributed by atoms with Gasteiger partial charge in [0.25, 0.3) is 0 Å². The molecule has 3 atom stereocenters. The summed E-state index contributed by atoms with van der Waals surface area (Å²) in [5, 5.41) is 3.62. The van der Waals surface area contributed by atoms with E-state index in [1.54, 1.807) is 0 Å². The van der Waals surface area contributed by atoms with E-state index in [1.165, 1.54) is 25.7 Å². The molecule has 1 N–H and O–H groups in total. The molecule has 3 unspecified atom stereocenters. The van der Waals surface area contributed by atoms with E-state index in [9.17, 15) is 4.79 Å². The summed E-state index contributed by atoms with van der Waals surface area (Å²) in [6, 6.07) is 1.19. The van der Waals surface area contributed by atoms with Crippen LogP contribution in [-0.4, -0.2) is 45.5 Å². The van der Waals surface area contributed by atoms with Crippen molar-refractivity contribution in [2.45, 2.75) is 63.1 Å². The van der Waals surface area contributed by atoms with Gasteiger partial charge in [-0.2, -0.15) is 0 Å². The van der Waals surface area contributed by atoms with Crippen molar-refractivity contribution in [2.75, 3.05) is 13.1 Å². The minimum Gasteiger partial charge on any atom is -0.341 e. The van der Waals surface area contributed by atoms with Gasteiger partial charge in [0.1, 0.15) is 0 Å². The monoisotopic (exact) mass is 302 g/mol. The predicted molar refractivity (Wildman–Crippen MR) is 84.4 cm³/mol. The summed E-state index contributed by atoms with van der Waals surface area (Å²) in [7, 11) is 0. The Hall–Kier alpha value is -1.36. The van der Waals surface area contributed by atoms with E-state index in [4.69, 9.17) is 0 Å². The number of hydrogen-bond acceptors (Lipinski definition) is 3. The first kappa shape index (κ1) is 14.2. The van der Waals surface area contributed by atoms with Crippen LogP contribution in [0, 0.1) is 5.92 Å². The van der Waals surface area contributed by atoms with E-state index >= 15 is 0 Å². The lowest BCUT2D eigenvalue weighted by Crippen LogP contribution is -2.48. The Kier molecular flexibility index (Phi) is 3.90. The highest BCUT2D eigenvalue weighted by Crippen LogP contribution is 2.34. The Labute approximate surface area is 132 Å². The van der Waals surface area contributed by atoms with Gasteiger partial charge in [-0.05, 0) is 38.0 Å². The van der Waals surface area contributed by atoms with Crippen LogP contribution in [0.25, 0.3) is 0 Å². The van der Waals surface area contributed by atoms with E-state index in [1.807, 2.05) is 18.7 Å². The Balaban J connectivity index is 1.32. The first-order chi connectivity index (χ1) is 10.8. The number of aromatic nitrogens is 2. The van der Waals surface area contributed by atoms with Crippen LogP contribution in [0.1, 0.15) is 51.0 Å². The summed E-state index contributed by atoms with van der Waals surface area (Å²) in [6.45, 7) is 1.77. The van der Waals surface area contributed by atoms with E-state index in [-0.39, 0.29) is 6.04 Å². The van der Waals surface area contributed by atoms with Crippen molar-refractivity contribution < 1.29 is 4.79 Å². The molecule has 0 radical (unpaired) electrons. The lowest BCUT2D eigenvalue weighted by molar-refractivity contribution is -0.134. The second kappa shape index (κ2) is 6.03. The van der Waals surface area contributed by atoms with Crippen molar-refractivity contribution in [3.05, 3.63) is 18.7 Å². The van der Waals surface area contributed by atoms with Crippen LogP contribution in [0.3, 0.4) is 0 Å². The van der Waals surface area contributed by atoms with Gasteiger partial charge in [0.05, 0.1) is 12.4 Å². The molecule has 5 heteroatoms. The number of hydrogen-bond donors (Lipinski definition) is 1. The highest BCUT2D eigenvalue weighted by atomic mass is 16.2. The van der Waals surface area contributed by atoms with Crippen molar-refractivity contribution in [3.8, 4) is 0 Å². The summed E-state index contributed by atoms with van der Waals surface area (Å²) < 4.78 is 2.18.